The number of nitrogens with one attached hydrogen (secondary N) is 2. The van der Waals surface area contributed by atoms with Crippen molar-refractivity contribution in [2.75, 3.05) is 62.0 Å². The van der Waals surface area contributed by atoms with Gasteiger partial charge in [0.05, 0.1) is 31.2 Å². The van der Waals surface area contributed by atoms with Crippen LogP contribution in [0.5, 0.6) is 0 Å². The molecule has 0 bridgehead atoms. The summed E-state index contributed by atoms with van der Waals surface area (Å²) in [7, 11) is 1.66. The average Bonchev–Trinajstić information content (AvgIpc) is 2.75. The van der Waals surface area contributed by atoms with E-state index >= 15 is 0 Å². The van der Waals surface area contributed by atoms with E-state index in [1.54, 1.807) is 11.9 Å². The molecule has 1 saturated heterocycles. The molecule has 0 radical (unpaired) electrons. The second-order valence-electron chi connectivity index (χ2n) is 7.22. The fourth-order valence-corrected chi connectivity index (χ4v) is 3.19. The Morgan fingerprint density at radius 3 is 1.94 bits per heavy atom. The van der Waals surface area contributed by atoms with Gasteiger partial charge in [-0.15, -0.1) is 0 Å². The van der Waals surface area contributed by atoms with Crippen molar-refractivity contribution in [1.29, 1.82) is 0 Å². The van der Waals surface area contributed by atoms with E-state index in [4.69, 9.17) is 4.74 Å². The summed E-state index contributed by atoms with van der Waals surface area (Å²) < 4.78 is 5.35. The van der Waals surface area contributed by atoms with Gasteiger partial charge in [0.1, 0.15) is 0 Å². The highest BCUT2D eigenvalue weighted by Gasteiger charge is 2.13. The molecule has 10 heteroatoms. The first-order valence-corrected chi connectivity index (χ1v) is 9.86. The van der Waals surface area contributed by atoms with E-state index in [0.29, 0.717) is 24.6 Å². The van der Waals surface area contributed by atoms with Gasteiger partial charge in [-0.05, 0) is 43.4 Å². The molecule has 0 unspecified atom stereocenters. The summed E-state index contributed by atoms with van der Waals surface area (Å²) in [5, 5.41) is 16.1. The summed E-state index contributed by atoms with van der Waals surface area (Å²) >= 11 is 0. The molecule has 1 fully saturated rings. The van der Waals surface area contributed by atoms with Gasteiger partial charge in [-0.1, -0.05) is 0 Å². The summed E-state index contributed by atoms with van der Waals surface area (Å²) in [4.78, 5) is 38.4. The highest BCUT2D eigenvalue weighted by atomic mass is 16.6. The van der Waals surface area contributed by atoms with E-state index < -0.39 is 4.92 Å². The number of nitro benzene ring substituents is 1. The van der Waals surface area contributed by atoms with Crippen LogP contribution < -0.4 is 15.5 Å². The topological polar surface area (TPSA) is 117 Å². The quantitative estimate of drug-likeness (QED) is 0.488. The Morgan fingerprint density at radius 2 is 1.45 bits per heavy atom. The SMILES string of the molecule is CN(CC(=O)Nc1ccc(N2CCOCC2)cc1)CC(=O)Nc1ccc([N+](=O)[O-])cc1. The molecule has 164 valence electrons. The molecule has 1 aliphatic rings. The zero-order chi connectivity index (χ0) is 22.2. The maximum Gasteiger partial charge on any atom is 0.269 e. The number of ether oxygens (including phenoxy) is 1. The number of carbonyl (C=O) groups is 2. The summed E-state index contributed by atoms with van der Waals surface area (Å²) in [5.74, 6) is -0.552. The van der Waals surface area contributed by atoms with Crippen LogP contribution >= 0.6 is 0 Å². The Morgan fingerprint density at radius 1 is 0.968 bits per heavy atom. The molecule has 2 N–H and O–H groups in total. The molecule has 2 amide bonds. The van der Waals surface area contributed by atoms with Crippen molar-refractivity contribution in [3.63, 3.8) is 0 Å². The molecule has 0 saturated carbocycles. The Bertz CT molecular complexity index is 911. The monoisotopic (exact) mass is 427 g/mol. The number of nitro groups is 1. The smallest absolute Gasteiger partial charge is 0.269 e. The molecule has 1 aliphatic heterocycles. The van der Waals surface area contributed by atoms with Crippen LogP contribution in [0.4, 0.5) is 22.7 Å². The van der Waals surface area contributed by atoms with Crippen LogP contribution in [-0.4, -0.2) is 68.1 Å². The molecular formula is C21H25N5O5. The molecule has 10 nitrogen and oxygen atoms in total. The number of hydrogen-bond donors (Lipinski definition) is 2. The van der Waals surface area contributed by atoms with Gasteiger partial charge in [0, 0.05) is 42.3 Å². The van der Waals surface area contributed by atoms with Gasteiger partial charge in [0.25, 0.3) is 5.69 Å². The van der Waals surface area contributed by atoms with E-state index in [9.17, 15) is 19.7 Å². The second kappa shape index (κ2) is 10.5. The molecular weight excluding hydrogens is 402 g/mol. The Hall–Kier alpha value is -3.50. The van der Waals surface area contributed by atoms with Crippen molar-refractivity contribution in [2.45, 2.75) is 0 Å². The lowest BCUT2D eigenvalue weighted by Gasteiger charge is -2.28. The predicted octanol–water partition coefficient (Wildman–Crippen LogP) is 1.94. The summed E-state index contributed by atoms with van der Waals surface area (Å²) in [5.41, 5.74) is 2.17. The number of rotatable bonds is 8. The highest BCUT2D eigenvalue weighted by molar-refractivity contribution is 5.94. The number of nitrogens with zero attached hydrogens (tertiary/aromatic N) is 3. The molecule has 3 rings (SSSR count). The van der Waals surface area contributed by atoms with Crippen molar-refractivity contribution in [2.24, 2.45) is 0 Å². The first-order valence-electron chi connectivity index (χ1n) is 9.86. The number of likely N-dealkylation sites (N-methyl/N-ethyl adjacent to an activating group) is 1. The average molecular weight is 427 g/mol. The third-order valence-corrected chi connectivity index (χ3v) is 4.72. The van der Waals surface area contributed by atoms with Crippen LogP contribution in [0.25, 0.3) is 0 Å². The number of non-ortho nitro benzene ring substituents is 1. The normalized spacial score (nSPS) is 13.7. The minimum atomic E-state index is -0.506. The molecule has 0 aliphatic carbocycles. The number of amides is 2. The van der Waals surface area contributed by atoms with Crippen molar-refractivity contribution in [1.82, 2.24) is 4.90 Å². The Balaban J connectivity index is 1.43. The lowest BCUT2D eigenvalue weighted by atomic mass is 10.2. The van der Waals surface area contributed by atoms with Gasteiger partial charge in [-0.25, -0.2) is 0 Å². The van der Waals surface area contributed by atoms with Crippen LogP contribution in [0, 0.1) is 10.1 Å². The highest BCUT2D eigenvalue weighted by Crippen LogP contribution is 2.19. The summed E-state index contributed by atoms with van der Waals surface area (Å²) in [6.45, 7) is 3.15. The van der Waals surface area contributed by atoms with E-state index in [2.05, 4.69) is 15.5 Å². The van der Waals surface area contributed by atoms with Gasteiger partial charge in [0.2, 0.25) is 11.8 Å². The standard InChI is InChI=1S/C21H25N5O5/c1-24(15-21(28)23-17-4-8-19(9-5-17)26(29)30)14-20(27)22-16-2-6-18(7-3-16)25-10-12-31-13-11-25/h2-9H,10-15H2,1H3,(H,22,27)(H,23,28). The van der Waals surface area contributed by atoms with E-state index in [1.807, 2.05) is 24.3 Å². The predicted molar refractivity (Wildman–Crippen MR) is 117 cm³/mol. The number of carbonyl (C=O) groups excluding carboxylic acids is 2. The van der Waals surface area contributed by atoms with E-state index in [-0.39, 0.29) is 30.6 Å². The number of benzene rings is 2. The molecule has 0 atom stereocenters. The summed E-state index contributed by atoms with van der Waals surface area (Å²) in [6.07, 6.45) is 0. The fraction of sp³-hybridized carbons (Fsp3) is 0.333. The maximum absolute atomic E-state index is 12.3. The fourth-order valence-electron chi connectivity index (χ4n) is 3.19. The zero-order valence-corrected chi connectivity index (χ0v) is 17.2. The largest absolute Gasteiger partial charge is 0.378 e. The van der Waals surface area contributed by atoms with Crippen molar-refractivity contribution < 1.29 is 19.2 Å². The number of anilines is 3. The van der Waals surface area contributed by atoms with E-state index in [1.165, 1.54) is 24.3 Å². The lowest BCUT2D eigenvalue weighted by molar-refractivity contribution is -0.384. The molecule has 0 spiro atoms. The van der Waals surface area contributed by atoms with Crippen LogP contribution in [0.3, 0.4) is 0 Å². The van der Waals surface area contributed by atoms with Crippen LogP contribution in [0.2, 0.25) is 0 Å². The molecule has 2 aromatic rings. The molecule has 0 aromatic heterocycles. The van der Waals surface area contributed by atoms with Gasteiger partial charge in [0.15, 0.2) is 0 Å². The minimum Gasteiger partial charge on any atom is -0.378 e. The Labute approximate surface area is 179 Å². The summed E-state index contributed by atoms with van der Waals surface area (Å²) in [6, 6.07) is 13.2. The lowest BCUT2D eigenvalue weighted by Crippen LogP contribution is -2.36. The van der Waals surface area contributed by atoms with Crippen molar-refractivity contribution in [3.8, 4) is 0 Å². The van der Waals surface area contributed by atoms with E-state index in [0.717, 1.165) is 18.8 Å². The molecule has 1 heterocycles. The second-order valence-corrected chi connectivity index (χ2v) is 7.22. The maximum atomic E-state index is 12.3. The first kappa shape index (κ1) is 22.2. The van der Waals surface area contributed by atoms with Gasteiger partial charge in [-0.3, -0.25) is 24.6 Å². The molecule has 31 heavy (non-hydrogen) atoms. The van der Waals surface area contributed by atoms with Crippen molar-refractivity contribution in [3.05, 3.63) is 58.6 Å². The van der Waals surface area contributed by atoms with Gasteiger partial charge in [-0.2, -0.15) is 0 Å². The third kappa shape index (κ3) is 6.76. The Kier molecular flexibility index (Phi) is 7.52. The third-order valence-electron chi connectivity index (χ3n) is 4.72. The minimum absolute atomic E-state index is 0.000373. The first-order chi connectivity index (χ1) is 14.9. The van der Waals surface area contributed by atoms with Crippen molar-refractivity contribution >= 4 is 34.6 Å². The number of hydrogen-bond acceptors (Lipinski definition) is 7. The van der Waals surface area contributed by atoms with Crippen LogP contribution in [0.1, 0.15) is 0 Å². The van der Waals surface area contributed by atoms with Crippen LogP contribution in [-0.2, 0) is 14.3 Å². The van der Waals surface area contributed by atoms with Gasteiger partial charge >= 0.3 is 0 Å². The zero-order valence-electron chi connectivity index (χ0n) is 17.2. The van der Waals surface area contributed by atoms with Crippen LogP contribution in [0.15, 0.2) is 48.5 Å². The van der Waals surface area contributed by atoms with Gasteiger partial charge < -0.3 is 20.3 Å². The number of morpholine rings is 1. The molecule has 2 aromatic carbocycles.